The van der Waals surface area contributed by atoms with Crippen molar-refractivity contribution in [3.8, 4) is 0 Å². The molecule has 1 aromatic heterocycles. The van der Waals surface area contributed by atoms with Gasteiger partial charge < -0.3 is 10.8 Å². The number of nitrogens with two attached hydrogens (primary N) is 1. The number of aromatic nitrogens is 2. The standard InChI is InChI=1S/C7H8F3N3O2/c8-7(9,10)6-4(3-14)1-13(12-6)2-5(11)15/h1,14H,2-3H2,(H2,11,15). The van der Waals surface area contributed by atoms with E-state index in [2.05, 4.69) is 5.10 Å². The zero-order chi connectivity index (χ0) is 11.6. The van der Waals surface area contributed by atoms with Crippen LogP contribution in [0.5, 0.6) is 0 Å². The lowest BCUT2D eigenvalue weighted by atomic mass is 10.2. The van der Waals surface area contributed by atoms with E-state index in [1.165, 1.54) is 0 Å². The Kier molecular flexibility index (Phi) is 2.98. The lowest BCUT2D eigenvalue weighted by Gasteiger charge is -2.03. The summed E-state index contributed by atoms with van der Waals surface area (Å²) in [7, 11) is 0. The molecular weight excluding hydrogens is 215 g/mol. The zero-order valence-electron chi connectivity index (χ0n) is 7.45. The number of amides is 1. The fraction of sp³-hybridized carbons (Fsp3) is 0.429. The van der Waals surface area contributed by atoms with Gasteiger partial charge >= 0.3 is 6.18 Å². The lowest BCUT2D eigenvalue weighted by molar-refractivity contribution is -0.142. The monoisotopic (exact) mass is 223 g/mol. The SMILES string of the molecule is NC(=O)Cn1cc(CO)c(C(F)(F)F)n1. The van der Waals surface area contributed by atoms with E-state index in [1.807, 2.05) is 0 Å². The normalized spacial score (nSPS) is 11.7. The third-order valence-corrected chi connectivity index (χ3v) is 1.59. The van der Waals surface area contributed by atoms with Gasteiger partial charge in [-0.2, -0.15) is 18.3 Å². The van der Waals surface area contributed by atoms with Crippen molar-refractivity contribution in [1.82, 2.24) is 9.78 Å². The first-order chi connectivity index (χ1) is 6.84. The van der Waals surface area contributed by atoms with Gasteiger partial charge in [0.05, 0.1) is 6.61 Å². The molecule has 1 heterocycles. The second-order valence-electron chi connectivity index (χ2n) is 2.82. The fourth-order valence-electron chi connectivity index (χ4n) is 1.06. The Morgan fingerprint density at radius 1 is 1.60 bits per heavy atom. The maximum atomic E-state index is 12.3. The number of carbonyl (C=O) groups is 1. The number of hydrogen-bond donors (Lipinski definition) is 2. The second-order valence-corrected chi connectivity index (χ2v) is 2.82. The molecule has 8 heteroatoms. The molecule has 5 nitrogen and oxygen atoms in total. The van der Waals surface area contributed by atoms with Crippen LogP contribution in [-0.2, 0) is 24.1 Å². The fourth-order valence-corrected chi connectivity index (χ4v) is 1.06. The molecule has 0 atom stereocenters. The third-order valence-electron chi connectivity index (χ3n) is 1.59. The largest absolute Gasteiger partial charge is 0.435 e. The van der Waals surface area contributed by atoms with E-state index in [4.69, 9.17) is 10.8 Å². The summed E-state index contributed by atoms with van der Waals surface area (Å²) in [5, 5.41) is 11.8. The van der Waals surface area contributed by atoms with Crippen molar-refractivity contribution in [3.05, 3.63) is 17.5 Å². The summed E-state index contributed by atoms with van der Waals surface area (Å²) in [6, 6.07) is 0. The summed E-state index contributed by atoms with van der Waals surface area (Å²) in [5.74, 6) is -0.810. The quantitative estimate of drug-likeness (QED) is 0.749. The van der Waals surface area contributed by atoms with Crippen molar-refractivity contribution < 1.29 is 23.1 Å². The van der Waals surface area contributed by atoms with E-state index >= 15 is 0 Å². The topological polar surface area (TPSA) is 81.1 Å². The van der Waals surface area contributed by atoms with Gasteiger partial charge in [-0.05, 0) is 0 Å². The second kappa shape index (κ2) is 3.89. The highest BCUT2D eigenvalue weighted by atomic mass is 19.4. The Morgan fingerprint density at radius 2 is 2.20 bits per heavy atom. The number of rotatable bonds is 3. The van der Waals surface area contributed by atoms with Crippen LogP contribution in [0.4, 0.5) is 13.2 Å². The molecule has 1 rings (SSSR count). The zero-order valence-corrected chi connectivity index (χ0v) is 7.45. The number of hydrogen-bond acceptors (Lipinski definition) is 3. The smallest absolute Gasteiger partial charge is 0.392 e. The Morgan fingerprint density at radius 3 is 2.53 bits per heavy atom. The highest BCUT2D eigenvalue weighted by Gasteiger charge is 2.36. The van der Waals surface area contributed by atoms with Gasteiger partial charge in [-0.25, -0.2) is 0 Å². The minimum Gasteiger partial charge on any atom is -0.392 e. The number of aliphatic hydroxyl groups excluding tert-OH is 1. The summed E-state index contributed by atoms with van der Waals surface area (Å²) in [5.41, 5.74) is 3.20. The van der Waals surface area contributed by atoms with Crippen LogP contribution in [0.1, 0.15) is 11.3 Å². The van der Waals surface area contributed by atoms with Gasteiger partial charge in [0.15, 0.2) is 5.69 Å². The number of primary amides is 1. The molecule has 1 aromatic rings. The maximum absolute atomic E-state index is 12.3. The van der Waals surface area contributed by atoms with Crippen LogP contribution in [0.15, 0.2) is 6.20 Å². The molecule has 0 aliphatic carbocycles. The Labute approximate surface area is 82.3 Å². The molecule has 0 saturated carbocycles. The maximum Gasteiger partial charge on any atom is 0.435 e. The first-order valence-corrected chi connectivity index (χ1v) is 3.87. The van der Waals surface area contributed by atoms with Crippen LogP contribution < -0.4 is 5.73 Å². The summed E-state index contributed by atoms with van der Waals surface area (Å²) < 4.78 is 37.6. The molecule has 0 aliphatic heterocycles. The van der Waals surface area contributed by atoms with E-state index in [9.17, 15) is 18.0 Å². The van der Waals surface area contributed by atoms with Gasteiger partial charge in [-0.3, -0.25) is 9.48 Å². The average molecular weight is 223 g/mol. The molecule has 0 radical (unpaired) electrons. The van der Waals surface area contributed by atoms with Crippen molar-refractivity contribution >= 4 is 5.91 Å². The van der Waals surface area contributed by atoms with Crippen molar-refractivity contribution in [1.29, 1.82) is 0 Å². The molecule has 0 bridgehead atoms. The lowest BCUT2D eigenvalue weighted by Crippen LogP contribution is -2.19. The summed E-state index contributed by atoms with van der Waals surface area (Å²) in [4.78, 5) is 10.4. The van der Waals surface area contributed by atoms with Gasteiger partial charge in [-0.1, -0.05) is 0 Å². The number of nitrogens with zero attached hydrogens (tertiary/aromatic N) is 2. The Bertz CT molecular complexity index is 372. The highest BCUT2D eigenvalue weighted by molar-refractivity contribution is 5.73. The molecule has 0 aliphatic rings. The van der Waals surface area contributed by atoms with E-state index in [1.54, 1.807) is 0 Å². The van der Waals surface area contributed by atoms with Crippen LogP contribution in [0.3, 0.4) is 0 Å². The van der Waals surface area contributed by atoms with Crippen LogP contribution in [-0.4, -0.2) is 20.8 Å². The number of alkyl halides is 3. The summed E-state index contributed by atoms with van der Waals surface area (Å²) in [6.45, 7) is -1.25. The van der Waals surface area contributed by atoms with Crippen LogP contribution >= 0.6 is 0 Å². The van der Waals surface area contributed by atoms with Gasteiger partial charge in [0.1, 0.15) is 6.54 Å². The van der Waals surface area contributed by atoms with Gasteiger partial charge in [0.2, 0.25) is 5.91 Å². The molecule has 3 N–H and O–H groups in total. The van der Waals surface area contributed by atoms with Crippen molar-refractivity contribution in [2.75, 3.05) is 0 Å². The first-order valence-electron chi connectivity index (χ1n) is 3.87. The Balaban J connectivity index is 3.06. The molecule has 0 unspecified atom stereocenters. The molecule has 0 fully saturated rings. The molecule has 0 saturated heterocycles. The molecule has 1 amide bonds. The van der Waals surface area contributed by atoms with E-state index < -0.39 is 30.9 Å². The predicted molar refractivity (Wildman–Crippen MR) is 42.3 cm³/mol. The Hall–Kier alpha value is -1.57. The minimum atomic E-state index is -4.65. The highest BCUT2D eigenvalue weighted by Crippen LogP contribution is 2.30. The third kappa shape index (κ3) is 2.69. The molecule has 15 heavy (non-hydrogen) atoms. The number of aliphatic hydroxyl groups is 1. The minimum absolute atomic E-state index is 0.385. The van der Waals surface area contributed by atoms with Crippen molar-refractivity contribution in [2.45, 2.75) is 19.3 Å². The van der Waals surface area contributed by atoms with E-state index in [-0.39, 0.29) is 5.56 Å². The number of halogens is 3. The van der Waals surface area contributed by atoms with Crippen molar-refractivity contribution in [3.63, 3.8) is 0 Å². The van der Waals surface area contributed by atoms with Gasteiger partial charge in [-0.15, -0.1) is 0 Å². The molecule has 84 valence electrons. The van der Waals surface area contributed by atoms with Crippen LogP contribution in [0, 0.1) is 0 Å². The van der Waals surface area contributed by atoms with Crippen LogP contribution in [0.2, 0.25) is 0 Å². The van der Waals surface area contributed by atoms with Crippen molar-refractivity contribution in [2.24, 2.45) is 5.73 Å². The average Bonchev–Trinajstić information content (AvgIpc) is 2.45. The van der Waals surface area contributed by atoms with Gasteiger partial charge in [0.25, 0.3) is 0 Å². The first kappa shape index (κ1) is 11.5. The van der Waals surface area contributed by atoms with Crippen LogP contribution in [0.25, 0.3) is 0 Å². The summed E-state index contributed by atoms with van der Waals surface area (Å²) >= 11 is 0. The van der Waals surface area contributed by atoms with Gasteiger partial charge in [0, 0.05) is 11.8 Å². The molecule has 0 aromatic carbocycles. The molecule has 0 spiro atoms. The molecular formula is C7H8F3N3O2. The van der Waals surface area contributed by atoms with E-state index in [0.717, 1.165) is 10.9 Å². The summed E-state index contributed by atoms with van der Waals surface area (Å²) in [6.07, 6.45) is -3.71. The number of carbonyl (C=O) groups excluding carboxylic acids is 1. The predicted octanol–water partition coefficient (Wildman–Crippen LogP) is -0.121. The van der Waals surface area contributed by atoms with E-state index in [0.29, 0.717) is 0 Å².